The third kappa shape index (κ3) is 5.00. The number of imide groups is 2. The Morgan fingerprint density at radius 2 is 1.89 bits per heavy atom. The molecule has 0 spiro atoms. The van der Waals surface area contributed by atoms with Crippen molar-refractivity contribution in [2.45, 2.75) is 13.3 Å². The van der Waals surface area contributed by atoms with Gasteiger partial charge in [0.25, 0.3) is 17.7 Å². The predicted octanol–water partition coefficient (Wildman–Crippen LogP) is 0.536. The Kier molecular flexibility index (Phi) is 6.42. The van der Waals surface area contributed by atoms with Crippen LogP contribution in [-0.2, 0) is 14.3 Å². The van der Waals surface area contributed by atoms with Crippen LogP contribution >= 0.6 is 0 Å². The normalized spacial score (nSPS) is 12.4. The standard InChI is InChI=1S/C18H19N3O6/c1-3-7-19-18(26)20-14(22)10-27-15(23)6-8-21-16(24)12-5-4-11(2)9-13(12)17(21)25/h3-5,9H,1,6-8,10H2,2H3,(H2,19,20,22,26). The molecule has 9 heteroatoms. The van der Waals surface area contributed by atoms with Gasteiger partial charge in [0.2, 0.25) is 0 Å². The van der Waals surface area contributed by atoms with Crippen molar-refractivity contribution in [1.29, 1.82) is 0 Å². The molecule has 5 amide bonds. The summed E-state index contributed by atoms with van der Waals surface area (Å²) in [4.78, 5) is 59.9. The highest BCUT2D eigenvalue weighted by molar-refractivity contribution is 6.21. The van der Waals surface area contributed by atoms with Crippen LogP contribution in [0.25, 0.3) is 0 Å². The molecule has 0 radical (unpaired) electrons. The van der Waals surface area contributed by atoms with Gasteiger partial charge in [0.15, 0.2) is 6.61 Å². The molecule has 27 heavy (non-hydrogen) atoms. The number of hydrogen-bond donors (Lipinski definition) is 2. The molecule has 9 nitrogen and oxygen atoms in total. The third-order valence-corrected chi connectivity index (χ3v) is 3.69. The van der Waals surface area contributed by atoms with Gasteiger partial charge in [-0.05, 0) is 19.1 Å². The zero-order chi connectivity index (χ0) is 20.0. The largest absolute Gasteiger partial charge is 0.456 e. The maximum atomic E-state index is 12.3. The first kappa shape index (κ1) is 19.8. The molecule has 1 heterocycles. The number of carbonyl (C=O) groups excluding carboxylic acids is 5. The summed E-state index contributed by atoms with van der Waals surface area (Å²) in [6.07, 6.45) is 1.17. The molecule has 0 unspecified atom stereocenters. The number of rotatable bonds is 7. The van der Waals surface area contributed by atoms with E-state index >= 15 is 0 Å². The van der Waals surface area contributed by atoms with Gasteiger partial charge < -0.3 is 10.1 Å². The Morgan fingerprint density at radius 3 is 2.59 bits per heavy atom. The Hall–Kier alpha value is -3.49. The van der Waals surface area contributed by atoms with Gasteiger partial charge in [0.05, 0.1) is 17.5 Å². The molecule has 2 N–H and O–H groups in total. The van der Waals surface area contributed by atoms with E-state index in [0.717, 1.165) is 10.5 Å². The van der Waals surface area contributed by atoms with Gasteiger partial charge in [-0.3, -0.25) is 29.4 Å². The lowest BCUT2D eigenvalue weighted by Crippen LogP contribution is -2.41. The van der Waals surface area contributed by atoms with Crippen LogP contribution in [0.4, 0.5) is 4.79 Å². The lowest BCUT2D eigenvalue weighted by molar-refractivity contribution is -0.148. The molecule has 0 fully saturated rings. The zero-order valence-corrected chi connectivity index (χ0v) is 14.7. The molecule has 2 rings (SSSR count). The summed E-state index contributed by atoms with van der Waals surface area (Å²) < 4.78 is 4.74. The maximum Gasteiger partial charge on any atom is 0.321 e. The van der Waals surface area contributed by atoms with Crippen LogP contribution in [0.15, 0.2) is 30.9 Å². The van der Waals surface area contributed by atoms with E-state index in [-0.39, 0.29) is 19.5 Å². The molecular formula is C18H19N3O6. The van der Waals surface area contributed by atoms with E-state index in [2.05, 4.69) is 11.9 Å². The van der Waals surface area contributed by atoms with Gasteiger partial charge in [0, 0.05) is 13.1 Å². The van der Waals surface area contributed by atoms with Gasteiger partial charge in [-0.25, -0.2) is 4.79 Å². The summed E-state index contributed by atoms with van der Waals surface area (Å²) in [6, 6.07) is 4.18. The molecule has 1 aromatic carbocycles. The summed E-state index contributed by atoms with van der Waals surface area (Å²) in [5, 5.41) is 4.29. The molecule has 142 valence electrons. The number of nitrogens with one attached hydrogen (secondary N) is 2. The second kappa shape index (κ2) is 8.75. The Morgan fingerprint density at radius 1 is 1.19 bits per heavy atom. The highest BCUT2D eigenvalue weighted by Gasteiger charge is 2.35. The summed E-state index contributed by atoms with van der Waals surface area (Å²) in [6.45, 7) is 4.58. The molecule has 0 saturated heterocycles. The van der Waals surface area contributed by atoms with Gasteiger partial charge in [-0.2, -0.15) is 0 Å². The van der Waals surface area contributed by atoms with Crippen molar-refractivity contribution in [3.63, 3.8) is 0 Å². The van der Waals surface area contributed by atoms with E-state index < -0.39 is 36.3 Å². The lowest BCUT2D eigenvalue weighted by atomic mass is 10.1. The van der Waals surface area contributed by atoms with Gasteiger partial charge in [0.1, 0.15) is 0 Å². The lowest BCUT2D eigenvalue weighted by Gasteiger charge is -2.13. The molecule has 0 aliphatic carbocycles. The second-order valence-corrected chi connectivity index (χ2v) is 5.77. The number of esters is 1. The highest BCUT2D eigenvalue weighted by atomic mass is 16.5. The van der Waals surface area contributed by atoms with Crippen molar-refractivity contribution >= 4 is 29.7 Å². The number of hydrogen-bond acceptors (Lipinski definition) is 6. The number of amides is 5. The maximum absolute atomic E-state index is 12.3. The molecule has 0 saturated carbocycles. The first-order chi connectivity index (χ1) is 12.8. The third-order valence-electron chi connectivity index (χ3n) is 3.69. The first-order valence-electron chi connectivity index (χ1n) is 8.14. The number of urea groups is 1. The van der Waals surface area contributed by atoms with E-state index in [4.69, 9.17) is 4.74 Å². The minimum atomic E-state index is -0.805. The number of nitrogens with zero attached hydrogens (tertiary/aromatic N) is 1. The van der Waals surface area contributed by atoms with Crippen LogP contribution in [0.5, 0.6) is 0 Å². The summed E-state index contributed by atoms with van der Waals surface area (Å²) in [7, 11) is 0. The average Bonchev–Trinajstić information content (AvgIpc) is 2.86. The Balaban J connectivity index is 1.78. The van der Waals surface area contributed by atoms with Crippen molar-refractivity contribution in [3.8, 4) is 0 Å². The Labute approximate surface area is 155 Å². The molecular weight excluding hydrogens is 354 g/mol. The van der Waals surface area contributed by atoms with Crippen molar-refractivity contribution in [1.82, 2.24) is 15.5 Å². The topological polar surface area (TPSA) is 122 Å². The van der Waals surface area contributed by atoms with Crippen LogP contribution in [0.3, 0.4) is 0 Å². The van der Waals surface area contributed by atoms with E-state index in [1.165, 1.54) is 6.08 Å². The number of aryl methyl sites for hydroxylation is 1. The SMILES string of the molecule is C=CCNC(=O)NC(=O)COC(=O)CCN1C(=O)c2ccc(C)cc2C1=O. The van der Waals surface area contributed by atoms with E-state index in [1.54, 1.807) is 25.1 Å². The quantitative estimate of drug-likeness (QED) is 0.409. The Bertz CT molecular complexity index is 817. The smallest absolute Gasteiger partial charge is 0.321 e. The van der Waals surface area contributed by atoms with Crippen molar-refractivity contribution in [2.75, 3.05) is 19.7 Å². The fourth-order valence-corrected chi connectivity index (χ4v) is 2.40. The van der Waals surface area contributed by atoms with Gasteiger partial charge in [-0.1, -0.05) is 17.7 Å². The van der Waals surface area contributed by atoms with Crippen LogP contribution in [0.2, 0.25) is 0 Å². The molecule has 0 atom stereocenters. The number of ether oxygens (including phenoxy) is 1. The number of fused-ring (bicyclic) bond motifs is 1. The fraction of sp³-hybridized carbons (Fsp3) is 0.278. The zero-order valence-electron chi connectivity index (χ0n) is 14.7. The average molecular weight is 373 g/mol. The summed E-state index contributed by atoms with van der Waals surface area (Å²) >= 11 is 0. The highest BCUT2D eigenvalue weighted by Crippen LogP contribution is 2.23. The van der Waals surface area contributed by atoms with Crippen LogP contribution < -0.4 is 10.6 Å². The van der Waals surface area contributed by atoms with Crippen molar-refractivity contribution in [2.24, 2.45) is 0 Å². The minimum absolute atomic E-state index is 0.161. The molecule has 0 bridgehead atoms. The fourth-order valence-electron chi connectivity index (χ4n) is 2.40. The second-order valence-electron chi connectivity index (χ2n) is 5.77. The number of benzene rings is 1. The van der Waals surface area contributed by atoms with Crippen LogP contribution in [0, 0.1) is 6.92 Å². The number of carbonyl (C=O) groups is 5. The van der Waals surface area contributed by atoms with E-state index in [1.807, 2.05) is 5.32 Å². The molecule has 1 aliphatic rings. The van der Waals surface area contributed by atoms with Gasteiger partial charge in [-0.15, -0.1) is 6.58 Å². The van der Waals surface area contributed by atoms with Crippen molar-refractivity contribution in [3.05, 3.63) is 47.5 Å². The monoisotopic (exact) mass is 373 g/mol. The molecule has 1 aromatic rings. The van der Waals surface area contributed by atoms with Crippen LogP contribution in [-0.4, -0.2) is 54.3 Å². The summed E-state index contributed by atoms with van der Waals surface area (Å²) in [5.74, 6) is -2.52. The summed E-state index contributed by atoms with van der Waals surface area (Å²) in [5.41, 5.74) is 1.45. The van der Waals surface area contributed by atoms with E-state index in [0.29, 0.717) is 11.1 Å². The van der Waals surface area contributed by atoms with Crippen molar-refractivity contribution < 1.29 is 28.7 Å². The van der Waals surface area contributed by atoms with Crippen LogP contribution in [0.1, 0.15) is 32.7 Å². The minimum Gasteiger partial charge on any atom is -0.456 e. The van der Waals surface area contributed by atoms with E-state index in [9.17, 15) is 24.0 Å². The molecule has 1 aliphatic heterocycles. The first-order valence-corrected chi connectivity index (χ1v) is 8.14. The molecule has 0 aromatic heterocycles. The van der Waals surface area contributed by atoms with Gasteiger partial charge >= 0.3 is 12.0 Å². The predicted molar refractivity (Wildman–Crippen MR) is 93.9 cm³/mol.